The molecule has 0 spiro atoms. The third-order valence-corrected chi connectivity index (χ3v) is 3.17. The van der Waals surface area contributed by atoms with Crippen LogP contribution >= 0.6 is 0 Å². The molecular weight excluding hydrogens is 240 g/mol. The highest BCUT2D eigenvalue weighted by Crippen LogP contribution is 2.13. The van der Waals surface area contributed by atoms with Crippen molar-refractivity contribution in [2.75, 3.05) is 20.6 Å². The number of nitrogens with zero attached hydrogens (tertiary/aromatic N) is 3. The molecule has 0 saturated heterocycles. The van der Waals surface area contributed by atoms with Crippen LogP contribution < -0.4 is 5.32 Å². The van der Waals surface area contributed by atoms with Gasteiger partial charge in [0, 0.05) is 31.9 Å². The molecule has 0 atom stereocenters. The Labute approximate surface area is 116 Å². The normalized spacial score (nSPS) is 11.1. The van der Waals surface area contributed by atoms with Crippen molar-refractivity contribution in [2.45, 2.75) is 40.8 Å². The summed E-state index contributed by atoms with van der Waals surface area (Å²) in [5, 5.41) is 7.88. The maximum atomic E-state index is 11.7. The van der Waals surface area contributed by atoms with Gasteiger partial charge in [-0.1, -0.05) is 13.8 Å². The molecular formula is C14H26N4O. The number of likely N-dealkylation sites (N-methyl/N-ethyl adjacent to an activating group) is 1. The summed E-state index contributed by atoms with van der Waals surface area (Å²) in [4.78, 5) is 13.3. The lowest BCUT2D eigenvalue weighted by molar-refractivity contribution is -0.129. The Morgan fingerprint density at radius 1 is 1.37 bits per heavy atom. The highest BCUT2D eigenvalue weighted by Gasteiger charge is 2.14. The van der Waals surface area contributed by atoms with Crippen LogP contribution in [0.4, 0.5) is 0 Å². The minimum atomic E-state index is 0.0623. The third-order valence-electron chi connectivity index (χ3n) is 3.17. The van der Waals surface area contributed by atoms with Crippen molar-refractivity contribution >= 4 is 5.91 Å². The van der Waals surface area contributed by atoms with Crippen LogP contribution in [0.1, 0.15) is 30.8 Å². The topological polar surface area (TPSA) is 50.2 Å². The van der Waals surface area contributed by atoms with Crippen LogP contribution in [-0.2, 0) is 17.9 Å². The largest absolute Gasteiger partial charge is 0.347 e. The SMILES string of the molecule is Cc1nn(CC(=O)N(C)C)c(C)c1CNCC(C)C. The van der Waals surface area contributed by atoms with Gasteiger partial charge >= 0.3 is 0 Å². The quantitative estimate of drug-likeness (QED) is 0.845. The van der Waals surface area contributed by atoms with E-state index in [0.717, 1.165) is 24.5 Å². The Morgan fingerprint density at radius 2 is 2.00 bits per heavy atom. The van der Waals surface area contributed by atoms with Crippen LogP contribution in [0.2, 0.25) is 0 Å². The van der Waals surface area contributed by atoms with Gasteiger partial charge in [0.15, 0.2) is 0 Å². The van der Waals surface area contributed by atoms with Crippen molar-refractivity contribution in [3.05, 3.63) is 17.0 Å². The van der Waals surface area contributed by atoms with E-state index < -0.39 is 0 Å². The van der Waals surface area contributed by atoms with Gasteiger partial charge in [-0.25, -0.2) is 0 Å². The van der Waals surface area contributed by atoms with Crippen LogP contribution in [0, 0.1) is 19.8 Å². The molecule has 5 heteroatoms. The lowest BCUT2D eigenvalue weighted by atomic mass is 10.2. The van der Waals surface area contributed by atoms with Gasteiger partial charge in [-0.2, -0.15) is 5.10 Å². The smallest absolute Gasteiger partial charge is 0.243 e. The van der Waals surface area contributed by atoms with Crippen LogP contribution in [0.25, 0.3) is 0 Å². The molecule has 0 bridgehead atoms. The number of hydrogen-bond acceptors (Lipinski definition) is 3. The molecule has 0 aliphatic carbocycles. The Balaban J connectivity index is 2.74. The van der Waals surface area contributed by atoms with Crippen molar-refractivity contribution in [2.24, 2.45) is 5.92 Å². The molecule has 5 nitrogen and oxygen atoms in total. The van der Waals surface area contributed by atoms with E-state index in [1.54, 1.807) is 23.7 Å². The summed E-state index contributed by atoms with van der Waals surface area (Å²) in [7, 11) is 3.53. The fourth-order valence-corrected chi connectivity index (χ4v) is 1.90. The third kappa shape index (κ3) is 4.35. The molecule has 1 amide bonds. The second-order valence-corrected chi connectivity index (χ2v) is 5.62. The molecule has 1 N–H and O–H groups in total. The van der Waals surface area contributed by atoms with Crippen LogP contribution in [0.15, 0.2) is 0 Å². The minimum absolute atomic E-state index is 0.0623. The molecule has 0 radical (unpaired) electrons. The summed E-state index contributed by atoms with van der Waals surface area (Å²) < 4.78 is 1.80. The zero-order chi connectivity index (χ0) is 14.6. The van der Waals surface area contributed by atoms with Gasteiger partial charge in [-0.05, 0) is 26.3 Å². The maximum absolute atomic E-state index is 11.7. The second-order valence-electron chi connectivity index (χ2n) is 5.62. The Bertz CT molecular complexity index is 435. The molecule has 108 valence electrons. The number of carbonyl (C=O) groups excluding carboxylic acids is 1. The van der Waals surface area contributed by atoms with E-state index in [-0.39, 0.29) is 5.91 Å². The highest BCUT2D eigenvalue weighted by atomic mass is 16.2. The lowest BCUT2D eigenvalue weighted by Crippen LogP contribution is -2.27. The van der Waals surface area contributed by atoms with Crippen LogP contribution in [-0.4, -0.2) is 41.2 Å². The van der Waals surface area contributed by atoms with Gasteiger partial charge in [0.05, 0.1) is 5.69 Å². The summed E-state index contributed by atoms with van der Waals surface area (Å²) in [6, 6.07) is 0. The molecule has 0 fully saturated rings. The number of rotatable bonds is 6. The minimum Gasteiger partial charge on any atom is -0.347 e. The summed E-state index contributed by atoms with van der Waals surface area (Å²) in [5.74, 6) is 0.693. The molecule has 0 unspecified atom stereocenters. The lowest BCUT2D eigenvalue weighted by Gasteiger charge is -2.11. The first kappa shape index (κ1) is 15.7. The molecule has 1 aromatic heterocycles. The van der Waals surface area contributed by atoms with Gasteiger partial charge < -0.3 is 10.2 Å². The first-order chi connectivity index (χ1) is 8.82. The molecule has 1 rings (SSSR count). The molecule has 19 heavy (non-hydrogen) atoms. The average molecular weight is 266 g/mol. The van der Waals surface area contributed by atoms with Gasteiger partial charge in [0.2, 0.25) is 5.91 Å². The van der Waals surface area contributed by atoms with Crippen molar-refractivity contribution in [1.82, 2.24) is 20.0 Å². The zero-order valence-electron chi connectivity index (χ0n) is 12.9. The van der Waals surface area contributed by atoms with Gasteiger partial charge in [-0.3, -0.25) is 9.48 Å². The van der Waals surface area contributed by atoms with E-state index in [9.17, 15) is 4.79 Å². The Morgan fingerprint density at radius 3 is 2.53 bits per heavy atom. The molecule has 0 saturated carbocycles. The number of amides is 1. The Hall–Kier alpha value is -1.36. The molecule has 0 aliphatic rings. The molecule has 1 heterocycles. The summed E-state index contributed by atoms with van der Waals surface area (Å²) in [6.45, 7) is 10.5. The fourth-order valence-electron chi connectivity index (χ4n) is 1.90. The summed E-state index contributed by atoms with van der Waals surface area (Å²) >= 11 is 0. The molecule has 1 aromatic rings. The van der Waals surface area contributed by atoms with Crippen molar-refractivity contribution in [3.63, 3.8) is 0 Å². The van der Waals surface area contributed by atoms with Crippen molar-refractivity contribution in [3.8, 4) is 0 Å². The van der Waals surface area contributed by atoms with Gasteiger partial charge in [0.1, 0.15) is 6.54 Å². The number of nitrogens with one attached hydrogen (secondary N) is 1. The van der Waals surface area contributed by atoms with E-state index in [1.165, 1.54) is 5.56 Å². The number of hydrogen-bond donors (Lipinski definition) is 1. The van der Waals surface area contributed by atoms with Gasteiger partial charge in [-0.15, -0.1) is 0 Å². The van der Waals surface area contributed by atoms with E-state index >= 15 is 0 Å². The predicted octanol–water partition coefficient (Wildman–Crippen LogP) is 1.33. The van der Waals surface area contributed by atoms with Gasteiger partial charge in [0.25, 0.3) is 0 Å². The fraction of sp³-hybridized carbons (Fsp3) is 0.714. The van der Waals surface area contributed by atoms with E-state index in [1.807, 2.05) is 13.8 Å². The number of carbonyl (C=O) groups is 1. The standard InChI is InChI=1S/C14H26N4O/c1-10(2)7-15-8-13-11(3)16-18(12(13)4)9-14(19)17(5)6/h10,15H,7-9H2,1-6H3. The first-order valence-electron chi connectivity index (χ1n) is 6.76. The van der Waals surface area contributed by atoms with Crippen LogP contribution in [0.3, 0.4) is 0 Å². The maximum Gasteiger partial charge on any atom is 0.243 e. The van der Waals surface area contributed by atoms with Crippen molar-refractivity contribution < 1.29 is 4.79 Å². The predicted molar refractivity (Wildman–Crippen MR) is 76.9 cm³/mol. The van der Waals surface area contributed by atoms with E-state index in [0.29, 0.717) is 12.5 Å². The number of aromatic nitrogens is 2. The van der Waals surface area contributed by atoms with E-state index in [2.05, 4.69) is 24.3 Å². The average Bonchev–Trinajstić information content (AvgIpc) is 2.56. The first-order valence-corrected chi connectivity index (χ1v) is 6.76. The molecule has 0 aromatic carbocycles. The van der Waals surface area contributed by atoms with Crippen molar-refractivity contribution in [1.29, 1.82) is 0 Å². The Kier molecular flexibility index (Phi) is 5.54. The highest BCUT2D eigenvalue weighted by molar-refractivity contribution is 5.75. The van der Waals surface area contributed by atoms with Crippen LogP contribution in [0.5, 0.6) is 0 Å². The second kappa shape index (κ2) is 6.70. The van der Waals surface area contributed by atoms with E-state index in [4.69, 9.17) is 0 Å². The summed E-state index contributed by atoms with van der Waals surface area (Å²) in [5.41, 5.74) is 3.27. The summed E-state index contributed by atoms with van der Waals surface area (Å²) in [6.07, 6.45) is 0. The molecule has 0 aliphatic heterocycles. The monoisotopic (exact) mass is 266 g/mol. The zero-order valence-corrected chi connectivity index (χ0v) is 12.9. The number of aryl methyl sites for hydroxylation is 1.